The second-order valence-corrected chi connectivity index (χ2v) is 12.9. The molecule has 4 rings (SSSR count). The summed E-state index contributed by atoms with van der Waals surface area (Å²) < 4.78 is 6.23. The summed E-state index contributed by atoms with van der Waals surface area (Å²) in [4.78, 5) is 53.1. The van der Waals surface area contributed by atoms with Gasteiger partial charge in [-0.1, -0.05) is 34.9 Å². The summed E-state index contributed by atoms with van der Waals surface area (Å²) in [6.07, 6.45) is -0.0220. The van der Waals surface area contributed by atoms with Gasteiger partial charge in [0.05, 0.1) is 23.8 Å². The number of aliphatic carboxylic acids is 1. The third-order valence-electron chi connectivity index (χ3n) is 4.84. The number of rotatable bonds is 11. The maximum absolute atomic E-state index is 12.8. The van der Waals surface area contributed by atoms with Crippen molar-refractivity contribution in [1.82, 2.24) is 25.4 Å². The predicted octanol–water partition coefficient (Wildman–Crippen LogP) is -3.03. The van der Waals surface area contributed by atoms with Crippen molar-refractivity contribution in [3.8, 4) is 0 Å². The first-order valence-electron chi connectivity index (χ1n) is 10.3. The summed E-state index contributed by atoms with van der Waals surface area (Å²) in [6, 6.07) is -0.822. The number of carboxylic acid groups (broad SMARTS) is 1. The number of fused-ring (bicyclic) bond motifs is 1. The summed E-state index contributed by atoms with van der Waals surface area (Å²) in [5.41, 5.74) is 6.46. The number of hydrogen-bond acceptors (Lipinski definition) is 15. The quantitative estimate of drug-likeness (QED) is 0.0863. The minimum Gasteiger partial charge on any atom is -0.543 e. The number of nitrogens with zero attached hydrogens (tertiary/aromatic N) is 4. The van der Waals surface area contributed by atoms with Gasteiger partial charge in [-0.2, -0.15) is 0 Å². The Hall–Kier alpha value is -1.34. The molecule has 2 atom stereocenters. The minimum absolute atomic E-state index is 0. The van der Waals surface area contributed by atoms with Crippen LogP contribution < -0.4 is 45.7 Å². The second kappa shape index (κ2) is 13.6. The molecule has 0 saturated carbocycles. The Morgan fingerprint density at radius 3 is 2.68 bits per heavy atom. The number of nitrogens with one attached hydrogen (secondary N) is 1. The largest absolute Gasteiger partial charge is 1.00 e. The van der Waals surface area contributed by atoms with Crippen molar-refractivity contribution in [3.63, 3.8) is 0 Å². The van der Waals surface area contributed by atoms with Gasteiger partial charge >= 0.3 is 35.5 Å². The molecule has 0 radical (unpaired) electrons. The maximum atomic E-state index is 12.8. The first kappa shape index (κ1) is 30.2. The van der Waals surface area contributed by atoms with Crippen LogP contribution in [0.5, 0.6) is 0 Å². The van der Waals surface area contributed by atoms with Crippen molar-refractivity contribution in [2.24, 2.45) is 0 Å². The van der Waals surface area contributed by atoms with E-state index in [0.717, 1.165) is 0 Å². The normalized spacial score (nSPS) is 18.5. The van der Waals surface area contributed by atoms with Crippen LogP contribution in [-0.2, 0) is 30.3 Å². The van der Waals surface area contributed by atoms with E-state index in [1.165, 1.54) is 69.8 Å². The van der Waals surface area contributed by atoms with Crippen LogP contribution in [0.2, 0.25) is 0 Å². The number of esters is 1. The van der Waals surface area contributed by atoms with E-state index in [-0.39, 0.29) is 54.3 Å². The number of thiazole rings is 1. The third-order valence-corrected chi connectivity index (χ3v) is 10.1. The molecule has 2 aliphatic rings. The van der Waals surface area contributed by atoms with Gasteiger partial charge in [0.2, 0.25) is 5.91 Å². The molecule has 37 heavy (non-hydrogen) atoms. The first-order chi connectivity index (χ1) is 17.2. The summed E-state index contributed by atoms with van der Waals surface area (Å²) in [5.74, 6) is -1.47. The van der Waals surface area contributed by atoms with Gasteiger partial charge in [0, 0.05) is 29.6 Å². The molecule has 0 bridgehead atoms. The maximum Gasteiger partial charge on any atom is 1.00 e. The number of anilines is 1. The minimum atomic E-state index is -1.44. The number of carbonyl (C=O) groups is 4. The molecule has 1 saturated heterocycles. The molecule has 0 spiro atoms. The van der Waals surface area contributed by atoms with Crippen LogP contribution in [0, 0.1) is 0 Å². The molecular formula is C19H19N6NaO6S5. The Labute approximate surface area is 254 Å². The van der Waals surface area contributed by atoms with Crippen molar-refractivity contribution in [2.75, 3.05) is 29.6 Å². The number of hydrogen-bond donors (Lipinski definition) is 2. The van der Waals surface area contributed by atoms with Crippen LogP contribution in [0.1, 0.15) is 12.6 Å². The van der Waals surface area contributed by atoms with Gasteiger partial charge in [-0.05, 0) is 5.57 Å². The van der Waals surface area contributed by atoms with E-state index in [1.54, 1.807) is 5.38 Å². The van der Waals surface area contributed by atoms with Crippen molar-refractivity contribution in [3.05, 3.63) is 22.3 Å². The molecule has 2 amide bonds. The van der Waals surface area contributed by atoms with Crippen molar-refractivity contribution < 1.29 is 58.6 Å². The van der Waals surface area contributed by atoms with E-state index in [0.29, 0.717) is 42.3 Å². The van der Waals surface area contributed by atoms with Crippen molar-refractivity contribution in [1.29, 1.82) is 0 Å². The number of amides is 2. The number of carbonyl (C=O) groups excluding carboxylic acids is 4. The molecule has 2 aromatic heterocycles. The number of aromatic nitrogens is 3. The average molecular weight is 611 g/mol. The molecule has 192 valence electrons. The Balaban J connectivity index is 0.00000380. The Kier molecular flexibility index (Phi) is 11.1. The summed E-state index contributed by atoms with van der Waals surface area (Å²) in [7, 11) is 0. The summed E-state index contributed by atoms with van der Waals surface area (Å²) in [6.45, 7) is 1.61. The molecule has 18 heteroatoms. The van der Waals surface area contributed by atoms with Crippen LogP contribution in [-0.4, -0.2) is 79.1 Å². The van der Waals surface area contributed by atoms with Crippen LogP contribution in [0.15, 0.2) is 25.3 Å². The van der Waals surface area contributed by atoms with Gasteiger partial charge in [0.1, 0.15) is 18.0 Å². The predicted molar refractivity (Wildman–Crippen MR) is 135 cm³/mol. The number of thioether (sulfide) groups is 3. The molecule has 0 aromatic carbocycles. The first-order valence-corrected chi connectivity index (χ1v) is 15.0. The van der Waals surface area contributed by atoms with Gasteiger partial charge < -0.3 is 25.7 Å². The fourth-order valence-corrected chi connectivity index (χ4v) is 8.31. The van der Waals surface area contributed by atoms with Gasteiger partial charge in [-0.25, -0.2) is 4.98 Å². The zero-order chi connectivity index (χ0) is 25.8. The van der Waals surface area contributed by atoms with Crippen LogP contribution >= 0.6 is 58.0 Å². The average Bonchev–Trinajstić information content (AvgIpc) is 3.46. The molecule has 1 unspecified atom stereocenters. The molecule has 0 aliphatic carbocycles. The number of nitrogen functional groups attached to an aromatic ring is 1. The van der Waals surface area contributed by atoms with Crippen molar-refractivity contribution in [2.45, 2.75) is 33.4 Å². The summed E-state index contributed by atoms with van der Waals surface area (Å²) in [5, 5.41) is 24.3. The topological polar surface area (TPSA) is 181 Å². The van der Waals surface area contributed by atoms with Crippen LogP contribution in [0.3, 0.4) is 0 Å². The van der Waals surface area contributed by atoms with Crippen LogP contribution in [0.4, 0.5) is 5.13 Å². The molecule has 3 N–H and O–H groups in total. The zero-order valence-electron chi connectivity index (χ0n) is 19.6. The van der Waals surface area contributed by atoms with Gasteiger partial charge in [0.15, 0.2) is 13.8 Å². The Morgan fingerprint density at radius 1 is 1.30 bits per heavy atom. The van der Waals surface area contributed by atoms with E-state index in [9.17, 15) is 24.3 Å². The molecule has 1 fully saturated rings. The number of β-lactam (4-membered cyclic amide) rings is 1. The number of ether oxygens (including phenoxy) is 1. The third kappa shape index (κ3) is 7.62. The molecule has 2 aliphatic heterocycles. The fourth-order valence-electron chi connectivity index (χ4n) is 3.35. The Bertz CT molecular complexity index is 1220. The van der Waals surface area contributed by atoms with E-state index in [1.807, 2.05) is 0 Å². The molecule has 4 heterocycles. The van der Waals surface area contributed by atoms with E-state index in [2.05, 4.69) is 20.5 Å². The molecule has 12 nitrogen and oxygen atoms in total. The fraction of sp³-hybridized carbons (Fsp3) is 0.421. The monoisotopic (exact) mass is 610 g/mol. The van der Waals surface area contributed by atoms with E-state index < -0.39 is 29.2 Å². The molecular weight excluding hydrogens is 592 g/mol. The summed E-state index contributed by atoms with van der Waals surface area (Å²) >= 11 is 6.66. The second-order valence-electron chi connectivity index (χ2n) is 7.36. The molecule has 2 aromatic rings. The van der Waals surface area contributed by atoms with Crippen molar-refractivity contribution >= 4 is 86.8 Å². The van der Waals surface area contributed by atoms with Gasteiger partial charge in [0.25, 0.3) is 5.91 Å². The van der Waals surface area contributed by atoms with E-state index >= 15 is 0 Å². The number of carboxylic acids is 1. The standard InChI is InChI=1S/C19H20N6O6S5.Na/c1-8(26)31-2-3-32-18-23-24-19(36-18)35-6-9-5-33-15-12(14(28)25(15)13(9)16(29)30)22-11(27)4-10-7-34-17(20)21-10;/h7,12,15H,2-6H2,1H3,(H2,20,21)(H,22,27)(H,29,30);/q;+1/p-1/t12?,15-;/m1./s1. The van der Waals surface area contributed by atoms with Gasteiger partial charge in [-0.15, -0.1) is 33.3 Å². The van der Waals surface area contributed by atoms with Crippen LogP contribution in [0.25, 0.3) is 0 Å². The van der Waals surface area contributed by atoms with Gasteiger partial charge in [-0.3, -0.25) is 19.3 Å². The van der Waals surface area contributed by atoms with E-state index in [4.69, 9.17) is 10.5 Å². The SMILES string of the molecule is CC(=O)OCCSc1nnc(SCC2=C(C(=O)[O-])N3C(=O)C(NC(=O)Cc4csc(N)n4)[C@H]3SC2)s1.[Na+]. The smallest absolute Gasteiger partial charge is 0.543 e. The zero-order valence-corrected chi connectivity index (χ0v) is 25.7. The Morgan fingerprint density at radius 2 is 2.03 bits per heavy atom. The number of nitrogens with two attached hydrogens (primary N) is 1.